The minimum Gasteiger partial charge on any atom is -0.480 e. The van der Waals surface area contributed by atoms with E-state index >= 15 is 0 Å². The molecule has 0 aromatic carbocycles. The maximum atomic E-state index is 12.3. The maximum absolute atomic E-state index is 12.3. The highest BCUT2D eigenvalue weighted by molar-refractivity contribution is 7.94. The molecule has 1 rings (SSSR count). The molecular weight excluding hydrogens is 282 g/mol. The van der Waals surface area contributed by atoms with Crippen LogP contribution in [-0.2, 0) is 19.4 Å². The monoisotopic (exact) mass is 305 g/mol. The third-order valence-electron chi connectivity index (χ3n) is 3.77. The molecule has 2 unspecified atom stereocenters. The first-order valence-electron chi connectivity index (χ1n) is 6.93. The van der Waals surface area contributed by atoms with E-state index in [9.17, 15) is 18.0 Å². The van der Waals surface area contributed by atoms with Crippen LogP contribution in [0, 0.1) is 5.92 Å². The second-order valence-electron chi connectivity index (χ2n) is 5.72. The molecule has 0 aromatic heterocycles. The fourth-order valence-corrected chi connectivity index (χ4v) is 4.41. The molecular formula is C13H23NO5S. The number of hydrogen-bond acceptors (Lipinski definition) is 4. The van der Waals surface area contributed by atoms with Crippen molar-refractivity contribution in [3.05, 3.63) is 0 Å². The number of carboxylic acid groups (broad SMARTS) is 1. The van der Waals surface area contributed by atoms with E-state index in [1.54, 1.807) is 0 Å². The van der Waals surface area contributed by atoms with Crippen LogP contribution in [0.1, 0.15) is 46.5 Å². The molecule has 20 heavy (non-hydrogen) atoms. The van der Waals surface area contributed by atoms with Gasteiger partial charge in [0.1, 0.15) is 5.25 Å². The molecule has 1 aliphatic carbocycles. The first-order valence-corrected chi connectivity index (χ1v) is 8.54. The van der Waals surface area contributed by atoms with Gasteiger partial charge in [-0.25, -0.2) is 8.42 Å². The van der Waals surface area contributed by atoms with Crippen molar-refractivity contribution < 1.29 is 23.1 Å². The van der Waals surface area contributed by atoms with Crippen LogP contribution in [0.2, 0.25) is 0 Å². The van der Waals surface area contributed by atoms with Crippen molar-refractivity contribution in [1.82, 2.24) is 5.32 Å². The predicted octanol–water partition coefficient (Wildman–Crippen LogP) is 0.958. The zero-order valence-corrected chi connectivity index (χ0v) is 12.9. The smallest absolute Gasteiger partial charge is 0.322 e. The fourth-order valence-electron chi connectivity index (χ4n) is 2.56. The summed E-state index contributed by atoms with van der Waals surface area (Å²) in [5, 5.41) is 8.90. The minimum atomic E-state index is -4.05. The molecule has 116 valence electrons. The molecule has 0 aromatic rings. The highest BCUT2D eigenvalue weighted by atomic mass is 32.2. The number of amides is 1. The van der Waals surface area contributed by atoms with Gasteiger partial charge in [-0.15, -0.1) is 0 Å². The maximum Gasteiger partial charge on any atom is 0.322 e. The molecule has 0 saturated heterocycles. The molecule has 0 heterocycles. The lowest BCUT2D eigenvalue weighted by atomic mass is 10.1. The van der Waals surface area contributed by atoms with Crippen molar-refractivity contribution in [1.29, 1.82) is 0 Å². The zero-order chi connectivity index (χ0) is 15.5. The third-order valence-corrected chi connectivity index (χ3v) is 6.42. The number of aliphatic carboxylic acids is 1. The number of rotatable bonds is 6. The Morgan fingerprint density at radius 3 is 2.05 bits per heavy atom. The first kappa shape index (κ1) is 16.9. The van der Waals surface area contributed by atoms with Crippen molar-refractivity contribution in [2.75, 3.05) is 0 Å². The Hall–Kier alpha value is -1.11. The van der Waals surface area contributed by atoms with Crippen molar-refractivity contribution in [3.63, 3.8) is 0 Å². The topological polar surface area (TPSA) is 101 Å². The van der Waals surface area contributed by atoms with E-state index in [-0.39, 0.29) is 6.04 Å². The average molecular weight is 305 g/mol. The van der Waals surface area contributed by atoms with Crippen LogP contribution < -0.4 is 5.32 Å². The average Bonchev–Trinajstić information content (AvgIpc) is 2.78. The van der Waals surface area contributed by atoms with Gasteiger partial charge in [0, 0.05) is 6.04 Å². The highest BCUT2D eigenvalue weighted by Gasteiger charge is 2.42. The number of hydrogen-bond donors (Lipinski definition) is 2. The summed E-state index contributed by atoms with van der Waals surface area (Å²) < 4.78 is 24.6. The highest BCUT2D eigenvalue weighted by Crippen LogP contribution is 2.21. The molecule has 2 atom stereocenters. The van der Waals surface area contributed by atoms with Crippen LogP contribution in [0.25, 0.3) is 0 Å². The molecule has 0 spiro atoms. The van der Waals surface area contributed by atoms with Gasteiger partial charge >= 0.3 is 5.97 Å². The summed E-state index contributed by atoms with van der Waals surface area (Å²) in [5.41, 5.74) is 0. The molecule has 6 nitrogen and oxygen atoms in total. The van der Waals surface area contributed by atoms with Gasteiger partial charge in [0.25, 0.3) is 0 Å². The summed E-state index contributed by atoms with van der Waals surface area (Å²) >= 11 is 0. The van der Waals surface area contributed by atoms with E-state index in [0.717, 1.165) is 25.7 Å². The van der Waals surface area contributed by atoms with Gasteiger partial charge in [-0.05, 0) is 25.7 Å². The van der Waals surface area contributed by atoms with E-state index in [2.05, 4.69) is 5.32 Å². The minimum absolute atomic E-state index is 0.0162. The zero-order valence-electron chi connectivity index (χ0n) is 12.1. The van der Waals surface area contributed by atoms with E-state index in [0.29, 0.717) is 0 Å². The van der Waals surface area contributed by atoms with Gasteiger partial charge < -0.3 is 10.4 Å². The molecule has 1 saturated carbocycles. The third kappa shape index (κ3) is 3.71. The largest absolute Gasteiger partial charge is 0.480 e. The van der Waals surface area contributed by atoms with E-state index in [1.807, 2.05) is 0 Å². The molecule has 0 aliphatic heterocycles. The Bertz CT molecular complexity index is 465. The van der Waals surface area contributed by atoms with Crippen LogP contribution in [0.15, 0.2) is 0 Å². The van der Waals surface area contributed by atoms with Gasteiger partial charge in [0.2, 0.25) is 5.91 Å². The van der Waals surface area contributed by atoms with Crippen LogP contribution >= 0.6 is 0 Å². The number of sulfone groups is 1. The number of carbonyl (C=O) groups excluding carboxylic acids is 1. The van der Waals surface area contributed by atoms with Crippen LogP contribution in [0.3, 0.4) is 0 Å². The lowest BCUT2D eigenvalue weighted by Crippen LogP contribution is -2.48. The second kappa shape index (κ2) is 6.56. The Labute approximate surface area is 119 Å². The van der Waals surface area contributed by atoms with Crippen molar-refractivity contribution in [2.45, 2.75) is 63.0 Å². The summed E-state index contributed by atoms with van der Waals surface area (Å²) in [7, 11) is -4.05. The Balaban J connectivity index is 2.84. The molecule has 7 heteroatoms. The van der Waals surface area contributed by atoms with Crippen molar-refractivity contribution in [3.8, 4) is 0 Å². The lowest BCUT2D eigenvalue weighted by molar-refractivity contribution is -0.137. The van der Waals surface area contributed by atoms with Crippen LogP contribution in [0.5, 0.6) is 0 Å². The molecule has 1 amide bonds. The van der Waals surface area contributed by atoms with Crippen LogP contribution in [0.4, 0.5) is 0 Å². The number of nitrogens with one attached hydrogen (secondary N) is 1. The van der Waals surface area contributed by atoms with E-state index in [1.165, 1.54) is 20.8 Å². The molecule has 1 fully saturated rings. The van der Waals surface area contributed by atoms with Crippen molar-refractivity contribution >= 4 is 21.7 Å². The summed E-state index contributed by atoms with van der Waals surface area (Å²) in [6, 6.07) is 0.0162. The van der Waals surface area contributed by atoms with Gasteiger partial charge in [-0.2, -0.15) is 0 Å². The number of carbonyl (C=O) groups is 2. The normalized spacial score (nSPS) is 19.8. The summed E-state index contributed by atoms with van der Waals surface area (Å²) in [4.78, 5) is 23.2. The molecule has 2 N–H and O–H groups in total. The second-order valence-corrected chi connectivity index (χ2v) is 8.12. The quantitative estimate of drug-likeness (QED) is 0.761. The molecule has 1 aliphatic rings. The van der Waals surface area contributed by atoms with Gasteiger partial charge in [0.05, 0.1) is 0 Å². The first-order chi connectivity index (χ1) is 9.17. The van der Waals surface area contributed by atoms with Gasteiger partial charge in [-0.1, -0.05) is 26.7 Å². The SMILES string of the molecule is CC(C)C(C(=O)O)S(=O)(=O)C(C)C(=O)NC1CCCC1. The fraction of sp³-hybridized carbons (Fsp3) is 0.846. The Kier molecular flexibility index (Phi) is 5.56. The van der Waals surface area contributed by atoms with Gasteiger partial charge in [-0.3, -0.25) is 9.59 Å². The number of carboxylic acids is 1. The van der Waals surface area contributed by atoms with E-state index < -0.39 is 38.1 Å². The summed E-state index contributed by atoms with van der Waals surface area (Å²) in [6.45, 7) is 4.31. The predicted molar refractivity (Wildman–Crippen MR) is 75.0 cm³/mol. The summed E-state index contributed by atoms with van der Waals surface area (Å²) in [6.07, 6.45) is 3.75. The van der Waals surface area contributed by atoms with Crippen molar-refractivity contribution in [2.24, 2.45) is 5.92 Å². The summed E-state index contributed by atoms with van der Waals surface area (Å²) in [5.74, 6) is -2.58. The Morgan fingerprint density at radius 2 is 1.65 bits per heavy atom. The van der Waals surface area contributed by atoms with E-state index in [4.69, 9.17) is 5.11 Å². The Morgan fingerprint density at radius 1 is 1.15 bits per heavy atom. The molecule has 0 radical (unpaired) electrons. The van der Waals surface area contributed by atoms with Crippen LogP contribution in [-0.4, -0.2) is 41.9 Å². The van der Waals surface area contributed by atoms with Gasteiger partial charge in [0.15, 0.2) is 15.1 Å². The molecule has 0 bridgehead atoms. The standard InChI is InChI=1S/C13H23NO5S/c1-8(2)11(13(16)17)20(18,19)9(3)12(15)14-10-6-4-5-7-10/h8-11H,4-7H2,1-3H3,(H,14,15)(H,16,17). The lowest BCUT2D eigenvalue weighted by Gasteiger charge is -2.22.